The minimum atomic E-state index is -1.23. The summed E-state index contributed by atoms with van der Waals surface area (Å²) in [4.78, 5) is 9.09. The topological polar surface area (TPSA) is 25.8 Å². The van der Waals surface area contributed by atoms with Crippen LogP contribution < -0.4 is 5.19 Å². The number of aromatic nitrogens is 2. The maximum absolute atomic E-state index is 14.1. The molecule has 7 aromatic rings. The molecule has 245 valence electrons. The number of hydrogen-bond acceptors (Lipinski definition) is 3. The maximum atomic E-state index is 14.1. The molecular formula is C41H36F2IrN2SSi-2. The van der Waals surface area contributed by atoms with Gasteiger partial charge in [-0.15, -0.1) is 53.6 Å². The molecule has 48 heavy (non-hydrogen) atoms. The molecule has 0 amide bonds. The van der Waals surface area contributed by atoms with Gasteiger partial charge in [0.1, 0.15) is 11.6 Å². The first kappa shape index (κ1) is 35.4. The second kappa shape index (κ2) is 15.1. The van der Waals surface area contributed by atoms with Gasteiger partial charge in [0.25, 0.3) is 0 Å². The average molecular weight is 847 g/mol. The van der Waals surface area contributed by atoms with Gasteiger partial charge < -0.3 is 9.97 Å². The largest absolute Gasteiger partial charge is 0.305 e. The second-order valence-corrected chi connectivity index (χ2v) is 19.3. The minimum absolute atomic E-state index is 0. The van der Waals surface area contributed by atoms with Crippen LogP contribution in [0.15, 0.2) is 109 Å². The summed E-state index contributed by atoms with van der Waals surface area (Å²) in [5.74, 6) is -0.640. The Labute approximate surface area is 300 Å². The fraction of sp³-hybridized carbons (Fsp3) is 0.171. The fourth-order valence-corrected chi connectivity index (χ4v) is 7.78. The van der Waals surface area contributed by atoms with Crippen molar-refractivity contribution in [1.29, 1.82) is 0 Å². The molecule has 0 aliphatic carbocycles. The van der Waals surface area contributed by atoms with Gasteiger partial charge in [-0.1, -0.05) is 86.4 Å². The molecule has 1 radical (unpaired) electrons. The van der Waals surface area contributed by atoms with Gasteiger partial charge >= 0.3 is 0 Å². The van der Waals surface area contributed by atoms with E-state index in [0.29, 0.717) is 11.5 Å². The molecule has 0 aliphatic heterocycles. The first-order chi connectivity index (χ1) is 22.5. The average Bonchev–Trinajstić information content (AvgIpc) is 3.43. The van der Waals surface area contributed by atoms with E-state index in [2.05, 4.69) is 79.9 Å². The van der Waals surface area contributed by atoms with Crippen LogP contribution in [0.2, 0.25) is 19.6 Å². The summed E-state index contributed by atoms with van der Waals surface area (Å²) in [6.07, 6.45) is 4.79. The minimum Gasteiger partial charge on any atom is -0.305 e. The molecule has 0 saturated heterocycles. The second-order valence-electron chi connectivity index (χ2n) is 13.2. The molecule has 2 nitrogen and oxygen atoms in total. The van der Waals surface area contributed by atoms with Crippen molar-refractivity contribution in [2.45, 2.75) is 39.9 Å². The number of pyridine rings is 2. The van der Waals surface area contributed by atoms with Crippen LogP contribution in [0.4, 0.5) is 8.78 Å². The van der Waals surface area contributed by atoms with Crippen LogP contribution in [0, 0.1) is 29.7 Å². The zero-order valence-electron chi connectivity index (χ0n) is 27.6. The molecule has 0 spiro atoms. The molecule has 4 aromatic carbocycles. The number of rotatable bonds is 6. The summed E-state index contributed by atoms with van der Waals surface area (Å²) >= 11 is 1.63. The van der Waals surface area contributed by atoms with E-state index >= 15 is 0 Å². The Morgan fingerprint density at radius 2 is 1.54 bits per heavy atom. The van der Waals surface area contributed by atoms with Crippen molar-refractivity contribution in [1.82, 2.24) is 9.97 Å². The number of fused-ring (bicyclic) bond motifs is 3. The Morgan fingerprint density at radius 1 is 0.792 bits per heavy atom. The zero-order valence-corrected chi connectivity index (χ0v) is 31.8. The van der Waals surface area contributed by atoms with Crippen LogP contribution in [0.5, 0.6) is 0 Å². The summed E-state index contributed by atoms with van der Waals surface area (Å²) in [6, 6.07) is 36.8. The van der Waals surface area contributed by atoms with E-state index < -0.39 is 19.7 Å². The molecule has 3 heterocycles. The van der Waals surface area contributed by atoms with E-state index in [1.54, 1.807) is 11.3 Å². The molecule has 0 unspecified atom stereocenters. The van der Waals surface area contributed by atoms with Crippen molar-refractivity contribution >= 4 is 44.8 Å². The number of benzene rings is 4. The van der Waals surface area contributed by atoms with Crippen LogP contribution in [0.3, 0.4) is 0 Å². The van der Waals surface area contributed by atoms with E-state index in [9.17, 15) is 8.78 Å². The Kier molecular flexibility index (Phi) is 11.2. The number of halogens is 2. The molecule has 0 N–H and O–H groups in total. The Bertz CT molecular complexity index is 2140. The third kappa shape index (κ3) is 8.22. The third-order valence-corrected chi connectivity index (χ3v) is 11.0. The van der Waals surface area contributed by atoms with Gasteiger partial charge in [0.2, 0.25) is 0 Å². The number of nitrogens with zero attached hydrogens (tertiary/aromatic N) is 2. The van der Waals surface area contributed by atoms with Crippen molar-refractivity contribution in [2.75, 3.05) is 0 Å². The van der Waals surface area contributed by atoms with Crippen molar-refractivity contribution in [2.24, 2.45) is 5.92 Å². The van der Waals surface area contributed by atoms with Crippen LogP contribution in [0.25, 0.3) is 53.8 Å². The van der Waals surface area contributed by atoms with E-state index in [4.69, 9.17) is 0 Å². The Hall–Kier alpha value is -3.87. The summed E-state index contributed by atoms with van der Waals surface area (Å²) in [7, 11) is -1.23. The predicted molar refractivity (Wildman–Crippen MR) is 197 cm³/mol. The molecule has 0 bridgehead atoms. The molecule has 0 saturated carbocycles. The zero-order chi connectivity index (χ0) is 33.1. The van der Waals surface area contributed by atoms with Crippen molar-refractivity contribution in [3.05, 3.63) is 139 Å². The summed E-state index contributed by atoms with van der Waals surface area (Å²) in [5.41, 5.74) is 6.21. The Morgan fingerprint density at radius 3 is 2.21 bits per heavy atom. The molecule has 0 aliphatic rings. The van der Waals surface area contributed by atoms with Gasteiger partial charge in [0, 0.05) is 43.3 Å². The maximum Gasteiger partial charge on any atom is 0.126 e. The molecule has 0 fully saturated rings. The van der Waals surface area contributed by atoms with Gasteiger partial charge in [-0.2, -0.15) is 11.3 Å². The molecule has 3 aromatic heterocycles. The SMILES string of the molecule is CC(C)Cc1ccnc(-c2[c-]c3sc4ccccc4c3c(-c3cc(F)cc(F)c3)c2)c1.C[Si](C)(C)c1ccc(-c2[c-]cccc2)nc1.[Ir]. The monoisotopic (exact) mass is 847 g/mol. The van der Waals surface area contributed by atoms with Gasteiger partial charge in [0.15, 0.2) is 0 Å². The summed E-state index contributed by atoms with van der Waals surface area (Å²) in [6.45, 7) is 11.4. The predicted octanol–water partition coefficient (Wildman–Crippen LogP) is 11.2. The first-order valence-corrected chi connectivity index (χ1v) is 20.1. The molecule has 7 rings (SSSR count). The van der Waals surface area contributed by atoms with Crippen LogP contribution in [-0.2, 0) is 26.5 Å². The van der Waals surface area contributed by atoms with E-state index in [-0.39, 0.29) is 20.1 Å². The Balaban J connectivity index is 0.000000224. The first-order valence-electron chi connectivity index (χ1n) is 15.8. The van der Waals surface area contributed by atoms with Gasteiger partial charge in [0.05, 0.1) is 8.07 Å². The molecule has 7 heteroatoms. The number of hydrogen-bond donors (Lipinski definition) is 0. The standard InChI is InChI=1S/C27H20F2NS.C14H16NSi.Ir/c1-16(2)9-17-7-8-30-24(10-17)19-13-23(18-11-20(28)15-21(29)12-18)27-22-5-3-4-6-25(22)31-26(27)14-19;1-16(2,3)13-9-10-14(15-11-13)12-7-5-4-6-8-12;/h3-8,10-13,15-16H,9H2,1-2H3;4-7,9-11H,1-3H3;/q2*-1;. The summed E-state index contributed by atoms with van der Waals surface area (Å²) < 4.78 is 30.3. The van der Waals surface area contributed by atoms with E-state index in [0.717, 1.165) is 60.7 Å². The van der Waals surface area contributed by atoms with Crippen molar-refractivity contribution < 1.29 is 28.9 Å². The van der Waals surface area contributed by atoms with Gasteiger partial charge in [-0.3, -0.25) is 0 Å². The molecule has 0 atom stereocenters. The van der Waals surface area contributed by atoms with Gasteiger partial charge in [-0.25, -0.2) is 8.78 Å². The van der Waals surface area contributed by atoms with E-state index in [1.807, 2.05) is 67.0 Å². The van der Waals surface area contributed by atoms with Crippen LogP contribution in [-0.4, -0.2) is 18.0 Å². The normalized spacial score (nSPS) is 11.3. The summed E-state index contributed by atoms with van der Waals surface area (Å²) in [5, 5.41) is 3.42. The number of thiophene rings is 1. The smallest absolute Gasteiger partial charge is 0.126 e. The fourth-order valence-electron chi connectivity index (χ4n) is 5.62. The van der Waals surface area contributed by atoms with Crippen LogP contribution >= 0.6 is 11.3 Å². The van der Waals surface area contributed by atoms with E-state index in [1.165, 1.54) is 22.9 Å². The van der Waals surface area contributed by atoms with Crippen molar-refractivity contribution in [3.63, 3.8) is 0 Å². The van der Waals surface area contributed by atoms with Crippen molar-refractivity contribution in [3.8, 4) is 33.6 Å². The molecular weight excluding hydrogens is 811 g/mol. The van der Waals surface area contributed by atoms with Crippen LogP contribution in [0.1, 0.15) is 19.4 Å². The quantitative estimate of drug-likeness (QED) is 0.123. The third-order valence-electron chi connectivity index (χ3n) is 7.93. The van der Waals surface area contributed by atoms with Gasteiger partial charge in [-0.05, 0) is 68.8 Å².